The third-order valence-corrected chi connectivity index (χ3v) is 0.707. The van der Waals surface area contributed by atoms with Gasteiger partial charge in [0, 0.05) is 14.2 Å². The van der Waals surface area contributed by atoms with Crippen LogP contribution >= 0.6 is 0 Å². The van der Waals surface area contributed by atoms with E-state index in [9.17, 15) is 0 Å². The molecule has 0 amide bonds. The molecule has 0 aliphatic rings. The SMILES string of the molecule is C[O][AlH][O]C.[H-].[Li+]. The average molecular weight is 98.0 g/mol. The summed E-state index contributed by atoms with van der Waals surface area (Å²) in [6.45, 7) is 0. The summed E-state index contributed by atoms with van der Waals surface area (Å²) in [5, 5.41) is 0. The molecule has 0 aromatic carbocycles. The third-order valence-electron chi connectivity index (χ3n) is 0.236. The molecular weight excluding hydrogens is 89.9 g/mol. The summed E-state index contributed by atoms with van der Waals surface area (Å²) in [5.41, 5.74) is 0. The van der Waals surface area contributed by atoms with Crippen molar-refractivity contribution in [3.8, 4) is 0 Å². The van der Waals surface area contributed by atoms with Crippen LogP contribution in [-0.4, -0.2) is 30.1 Å². The predicted octanol–water partition coefficient (Wildman–Crippen LogP) is -3.34. The van der Waals surface area contributed by atoms with Crippen LogP contribution in [0.15, 0.2) is 0 Å². The van der Waals surface area contributed by atoms with Crippen LogP contribution in [-0.2, 0) is 7.58 Å². The van der Waals surface area contributed by atoms with Gasteiger partial charge in [-0.25, -0.2) is 0 Å². The van der Waals surface area contributed by atoms with Gasteiger partial charge in [-0.05, 0) is 0 Å². The van der Waals surface area contributed by atoms with E-state index in [1.807, 2.05) is 0 Å². The molecule has 0 bridgehead atoms. The fourth-order valence-corrected chi connectivity index (χ4v) is 0.354. The Balaban J connectivity index is -0.0000000800. The molecule has 2 nitrogen and oxygen atoms in total. The Hall–Kier alpha value is 1.05. The minimum Gasteiger partial charge on any atom is -1.00 e. The molecule has 0 N–H and O–H groups in total. The zero-order valence-electron chi connectivity index (χ0n) is 5.52. The summed E-state index contributed by atoms with van der Waals surface area (Å²) in [4.78, 5) is 0. The fourth-order valence-electron chi connectivity index (χ4n) is 0.118. The van der Waals surface area contributed by atoms with Gasteiger partial charge in [0.15, 0.2) is 0 Å². The van der Waals surface area contributed by atoms with Crippen molar-refractivity contribution in [3.63, 3.8) is 0 Å². The Morgan fingerprint density at radius 1 is 1.33 bits per heavy atom. The second-order valence-corrected chi connectivity index (χ2v) is 2.09. The van der Waals surface area contributed by atoms with Crippen molar-refractivity contribution in [1.82, 2.24) is 0 Å². The minimum atomic E-state index is -0.568. The molecule has 0 radical (unpaired) electrons. The van der Waals surface area contributed by atoms with Crippen LogP contribution in [0.1, 0.15) is 1.43 Å². The summed E-state index contributed by atoms with van der Waals surface area (Å²) in [5.74, 6) is 0. The normalized spacial score (nSPS) is 6.33. The molecule has 0 aliphatic carbocycles. The van der Waals surface area contributed by atoms with Gasteiger partial charge >= 0.3 is 34.7 Å². The number of hydrogen-bond acceptors (Lipinski definition) is 2. The Bertz CT molecular complexity index is 23.2. The molecule has 0 atom stereocenters. The van der Waals surface area contributed by atoms with Crippen LogP contribution in [0.2, 0.25) is 0 Å². The molecule has 0 fully saturated rings. The smallest absolute Gasteiger partial charge is 1.00 e. The summed E-state index contributed by atoms with van der Waals surface area (Å²) < 4.78 is 9.22. The molecule has 4 heteroatoms. The molecule has 0 unspecified atom stereocenters. The predicted molar refractivity (Wildman–Crippen MR) is 22.3 cm³/mol. The van der Waals surface area contributed by atoms with Crippen LogP contribution in [0.25, 0.3) is 0 Å². The Morgan fingerprint density at radius 3 is 1.67 bits per heavy atom. The molecule has 0 rings (SSSR count). The third kappa shape index (κ3) is 8.90. The molecule has 0 spiro atoms. The molecule has 0 heterocycles. The molecule has 0 aliphatic heterocycles. The van der Waals surface area contributed by atoms with Crippen molar-refractivity contribution in [3.05, 3.63) is 0 Å². The fraction of sp³-hybridized carbons (Fsp3) is 1.00. The van der Waals surface area contributed by atoms with Gasteiger partial charge in [0.05, 0.1) is 0 Å². The van der Waals surface area contributed by atoms with Crippen molar-refractivity contribution >= 4 is 15.9 Å². The molecule has 32 valence electrons. The van der Waals surface area contributed by atoms with Crippen LogP contribution in [0.3, 0.4) is 0 Å². The van der Waals surface area contributed by atoms with Gasteiger partial charge in [-0.2, -0.15) is 0 Å². The topological polar surface area (TPSA) is 18.5 Å². The van der Waals surface area contributed by atoms with Gasteiger partial charge in [-0.1, -0.05) is 0 Å². The van der Waals surface area contributed by atoms with E-state index < -0.39 is 15.9 Å². The Kier molecular flexibility index (Phi) is 15.9. The Morgan fingerprint density at radius 2 is 1.67 bits per heavy atom. The first-order valence-electron chi connectivity index (χ1n) is 1.39. The van der Waals surface area contributed by atoms with Crippen LogP contribution in [0, 0.1) is 0 Å². The number of rotatable bonds is 2. The monoisotopic (exact) mass is 98.0 g/mol. The van der Waals surface area contributed by atoms with Gasteiger partial charge in [-0.3, -0.25) is 0 Å². The zero-order valence-corrected chi connectivity index (χ0v) is 5.94. The van der Waals surface area contributed by atoms with Gasteiger partial charge in [0.2, 0.25) is 0 Å². The summed E-state index contributed by atoms with van der Waals surface area (Å²) in [6, 6.07) is 0. The summed E-state index contributed by atoms with van der Waals surface area (Å²) in [7, 11) is 3.30. The maximum absolute atomic E-state index is 4.61. The second-order valence-electron chi connectivity index (χ2n) is 0.695. The molecule has 0 aromatic rings. The van der Waals surface area contributed by atoms with E-state index in [0.29, 0.717) is 0 Å². The van der Waals surface area contributed by atoms with E-state index in [0.717, 1.165) is 0 Å². The van der Waals surface area contributed by atoms with Crippen molar-refractivity contribution in [1.29, 1.82) is 0 Å². The first-order valence-corrected chi connectivity index (χ1v) is 2.55. The minimum absolute atomic E-state index is 0. The standard InChI is InChI=1S/2CH3O.Al.Li.2H/c2*1-2;;;;/h2*1H3;;;;/q2*-1;+2;+1;;-1. The molecule has 0 aromatic heterocycles. The zero-order chi connectivity index (χ0) is 4.12. The van der Waals surface area contributed by atoms with Gasteiger partial charge in [0.25, 0.3) is 0 Å². The first-order chi connectivity index (χ1) is 2.41. The maximum Gasteiger partial charge on any atom is 1.00 e. The van der Waals surface area contributed by atoms with E-state index in [1.54, 1.807) is 14.2 Å². The van der Waals surface area contributed by atoms with Gasteiger partial charge < -0.3 is 9.00 Å². The largest absolute Gasteiger partial charge is 1.00 e. The quantitative estimate of drug-likeness (QED) is 0.336. The molecule has 0 saturated heterocycles. The summed E-state index contributed by atoms with van der Waals surface area (Å²) in [6.07, 6.45) is 0. The van der Waals surface area contributed by atoms with Crippen molar-refractivity contribution in [2.24, 2.45) is 0 Å². The second kappa shape index (κ2) is 9.41. The maximum atomic E-state index is 4.61. The molecule has 0 saturated carbocycles. The average Bonchev–Trinajstić information content (AvgIpc) is 1.41. The summed E-state index contributed by atoms with van der Waals surface area (Å²) >= 11 is -0.568. The van der Waals surface area contributed by atoms with Crippen molar-refractivity contribution in [2.75, 3.05) is 14.2 Å². The van der Waals surface area contributed by atoms with Crippen molar-refractivity contribution < 1.29 is 27.9 Å². The first kappa shape index (κ1) is 10.1. The van der Waals surface area contributed by atoms with Crippen LogP contribution < -0.4 is 18.9 Å². The van der Waals surface area contributed by atoms with E-state index in [2.05, 4.69) is 7.58 Å². The van der Waals surface area contributed by atoms with E-state index in [4.69, 9.17) is 0 Å². The van der Waals surface area contributed by atoms with Gasteiger partial charge in [-0.15, -0.1) is 0 Å². The number of hydrogen-bond donors (Lipinski definition) is 0. The van der Waals surface area contributed by atoms with E-state index in [1.165, 1.54) is 0 Å². The molecular formula is C2H8AlLiO2. The van der Waals surface area contributed by atoms with E-state index >= 15 is 0 Å². The van der Waals surface area contributed by atoms with Crippen LogP contribution in [0.5, 0.6) is 0 Å². The molecule has 6 heavy (non-hydrogen) atoms. The Labute approximate surface area is 58.2 Å². The van der Waals surface area contributed by atoms with Crippen LogP contribution in [0.4, 0.5) is 0 Å². The van der Waals surface area contributed by atoms with Gasteiger partial charge in [0.1, 0.15) is 0 Å². The van der Waals surface area contributed by atoms with Crippen molar-refractivity contribution in [2.45, 2.75) is 0 Å². The van der Waals surface area contributed by atoms with E-state index in [-0.39, 0.29) is 20.3 Å².